The number of hydrogen-bond donors (Lipinski definition) is 2. The fourth-order valence-corrected chi connectivity index (χ4v) is 3.24. The lowest BCUT2D eigenvalue weighted by Gasteiger charge is -2.31. The minimum atomic E-state index is -6.26. The number of anilines is 2. The van der Waals surface area contributed by atoms with Crippen molar-refractivity contribution in [2.24, 2.45) is 0 Å². The second-order valence-electron chi connectivity index (χ2n) is 6.17. The van der Waals surface area contributed by atoms with Crippen LogP contribution in [-0.4, -0.2) is 18.3 Å². The molecule has 0 aliphatic rings. The van der Waals surface area contributed by atoms with Gasteiger partial charge in [0.1, 0.15) is 6.07 Å². The van der Waals surface area contributed by atoms with E-state index in [4.69, 9.17) is 11.0 Å². The zero-order valence-electron chi connectivity index (χ0n) is 14.8. The summed E-state index contributed by atoms with van der Waals surface area (Å²) in [5.74, 6) is -0.805. The second-order valence-corrected chi connectivity index (χ2v) is 7.03. The van der Waals surface area contributed by atoms with Gasteiger partial charge in [0.15, 0.2) is 0 Å². The Bertz CT molecular complexity index is 1000. The van der Waals surface area contributed by atoms with E-state index in [1.807, 2.05) is 0 Å². The Labute approximate surface area is 173 Å². The van der Waals surface area contributed by atoms with Crippen molar-refractivity contribution in [3.05, 3.63) is 57.1 Å². The van der Waals surface area contributed by atoms with Gasteiger partial charge in [-0.2, -0.15) is 31.6 Å². The average Bonchev–Trinajstić information content (AvgIpc) is 2.61. The van der Waals surface area contributed by atoms with E-state index < -0.39 is 34.0 Å². The Kier molecular flexibility index (Phi) is 6.09. The highest BCUT2D eigenvalue weighted by Gasteiger charge is 2.73. The predicted molar refractivity (Wildman–Crippen MR) is 97.3 cm³/mol. The van der Waals surface area contributed by atoms with Crippen LogP contribution in [0.15, 0.2) is 34.8 Å². The fourth-order valence-electron chi connectivity index (χ4n) is 2.58. The van der Waals surface area contributed by atoms with Crippen LogP contribution in [0, 0.1) is 18.3 Å². The molecule has 12 heteroatoms. The molecular weight excluding hydrogens is 487 g/mol. The molecule has 0 unspecified atom stereocenters. The van der Waals surface area contributed by atoms with Gasteiger partial charge in [-0.25, -0.2) is 4.39 Å². The molecular formula is C18H11BrF7N3O. The quantitative estimate of drug-likeness (QED) is 0.418. The van der Waals surface area contributed by atoms with Crippen molar-refractivity contribution >= 4 is 33.2 Å². The summed E-state index contributed by atoms with van der Waals surface area (Å²) in [6.45, 7) is 1.10. The number of nitrogens with one attached hydrogen (secondary N) is 1. The molecule has 0 bridgehead atoms. The number of nitriles is 1. The van der Waals surface area contributed by atoms with Gasteiger partial charge < -0.3 is 11.1 Å². The van der Waals surface area contributed by atoms with E-state index in [0.29, 0.717) is 12.1 Å². The lowest BCUT2D eigenvalue weighted by Crippen LogP contribution is -2.50. The van der Waals surface area contributed by atoms with Crippen LogP contribution in [0.5, 0.6) is 0 Å². The third-order valence-corrected chi connectivity index (χ3v) is 4.76. The molecule has 0 atom stereocenters. The van der Waals surface area contributed by atoms with Crippen molar-refractivity contribution in [1.29, 1.82) is 5.26 Å². The van der Waals surface area contributed by atoms with Crippen molar-refractivity contribution in [2.45, 2.75) is 24.9 Å². The first-order valence-corrected chi connectivity index (χ1v) is 8.66. The molecule has 2 aromatic carbocycles. The molecule has 3 N–H and O–H groups in total. The van der Waals surface area contributed by atoms with E-state index in [-0.39, 0.29) is 28.1 Å². The van der Waals surface area contributed by atoms with E-state index in [9.17, 15) is 35.5 Å². The summed E-state index contributed by atoms with van der Waals surface area (Å²) in [6.07, 6.45) is -12.5. The second kappa shape index (κ2) is 7.79. The molecule has 0 heterocycles. The summed E-state index contributed by atoms with van der Waals surface area (Å²) in [4.78, 5) is 12.4. The minimum absolute atomic E-state index is 0.00569. The predicted octanol–water partition coefficient (Wildman–Crippen LogP) is 5.75. The van der Waals surface area contributed by atoms with E-state index >= 15 is 0 Å². The Morgan fingerprint density at radius 2 is 1.63 bits per heavy atom. The van der Waals surface area contributed by atoms with Gasteiger partial charge >= 0.3 is 18.0 Å². The Hall–Kier alpha value is -2.81. The summed E-state index contributed by atoms with van der Waals surface area (Å²) in [6, 6.07) is 6.14. The molecule has 4 nitrogen and oxygen atoms in total. The molecule has 0 radical (unpaired) electrons. The Morgan fingerprint density at radius 3 is 2.07 bits per heavy atom. The number of halogens is 8. The summed E-state index contributed by atoms with van der Waals surface area (Å²) < 4.78 is 91.7. The van der Waals surface area contributed by atoms with E-state index in [1.165, 1.54) is 18.2 Å². The Balaban J connectivity index is 2.48. The molecule has 30 heavy (non-hydrogen) atoms. The number of hydrogen-bond acceptors (Lipinski definition) is 3. The largest absolute Gasteiger partial charge is 0.435 e. The monoisotopic (exact) mass is 497 g/mol. The summed E-state index contributed by atoms with van der Waals surface area (Å²) in [5, 5.41) is 11.1. The molecule has 0 aliphatic heterocycles. The van der Waals surface area contributed by atoms with E-state index in [0.717, 1.165) is 6.92 Å². The maximum absolute atomic E-state index is 14.3. The maximum atomic E-state index is 14.3. The summed E-state index contributed by atoms with van der Waals surface area (Å²) in [5.41, 5.74) is -2.03. The third kappa shape index (κ3) is 4.07. The van der Waals surface area contributed by atoms with Crippen LogP contribution < -0.4 is 11.1 Å². The van der Waals surface area contributed by atoms with Crippen LogP contribution in [0.4, 0.5) is 42.1 Å². The van der Waals surface area contributed by atoms with Gasteiger partial charge in [0.2, 0.25) is 0 Å². The normalized spacial score (nSPS) is 12.4. The van der Waals surface area contributed by atoms with Crippen LogP contribution in [0.1, 0.15) is 27.0 Å². The van der Waals surface area contributed by atoms with Crippen molar-refractivity contribution in [1.82, 2.24) is 0 Å². The molecule has 0 fully saturated rings. The molecule has 0 aliphatic carbocycles. The van der Waals surface area contributed by atoms with Gasteiger partial charge in [-0.05, 0) is 52.7 Å². The number of benzene rings is 2. The highest BCUT2D eigenvalue weighted by molar-refractivity contribution is 9.10. The van der Waals surface area contributed by atoms with Gasteiger partial charge in [0.25, 0.3) is 5.91 Å². The number of alkyl halides is 7. The first kappa shape index (κ1) is 23.5. The molecule has 0 saturated carbocycles. The van der Waals surface area contributed by atoms with Crippen molar-refractivity contribution in [3.63, 3.8) is 0 Å². The van der Waals surface area contributed by atoms with Crippen LogP contribution in [-0.2, 0) is 5.67 Å². The molecule has 0 spiro atoms. The van der Waals surface area contributed by atoms with Crippen LogP contribution >= 0.6 is 15.9 Å². The van der Waals surface area contributed by atoms with Crippen LogP contribution in [0.25, 0.3) is 0 Å². The van der Waals surface area contributed by atoms with Crippen LogP contribution in [0.2, 0.25) is 0 Å². The molecule has 0 saturated heterocycles. The number of carbonyl (C=O) groups excluding carboxylic acids is 1. The lowest BCUT2D eigenvalue weighted by atomic mass is 9.92. The number of nitrogens with zero attached hydrogens (tertiary/aromatic N) is 1. The van der Waals surface area contributed by atoms with Crippen LogP contribution in [0.3, 0.4) is 0 Å². The van der Waals surface area contributed by atoms with Crippen molar-refractivity contribution in [3.8, 4) is 6.07 Å². The highest BCUT2D eigenvalue weighted by atomic mass is 79.9. The third-order valence-electron chi connectivity index (χ3n) is 4.14. The first-order valence-electron chi connectivity index (χ1n) is 7.87. The summed E-state index contributed by atoms with van der Waals surface area (Å²) in [7, 11) is 0. The highest BCUT2D eigenvalue weighted by Crippen LogP contribution is 2.54. The average molecular weight is 498 g/mol. The first-order chi connectivity index (χ1) is 13.6. The van der Waals surface area contributed by atoms with Gasteiger partial charge in [-0.1, -0.05) is 6.07 Å². The topological polar surface area (TPSA) is 78.9 Å². The zero-order valence-corrected chi connectivity index (χ0v) is 16.4. The van der Waals surface area contributed by atoms with Crippen molar-refractivity contribution in [2.75, 3.05) is 11.1 Å². The minimum Gasteiger partial charge on any atom is -0.398 e. The summed E-state index contributed by atoms with van der Waals surface area (Å²) >= 11 is 2.78. The molecule has 1 amide bonds. The number of amides is 1. The number of nitrogen functional groups attached to an aromatic ring is 1. The number of rotatable bonds is 3. The van der Waals surface area contributed by atoms with Gasteiger partial charge in [0, 0.05) is 15.6 Å². The van der Waals surface area contributed by atoms with Gasteiger partial charge in [0.05, 0.1) is 16.9 Å². The van der Waals surface area contributed by atoms with Gasteiger partial charge in [-0.15, -0.1) is 0 Å². The SMILES string of the molecule is Cc1cc(C(F)(C(F)(F)F)C(F)(F)F)cc(Br)c1NC(=O)c1ccc(C#N)c(N)c1. The lowest BCUT2D eigenvalue weighted by molar-refractivity contribution is -0.348. The van der Waals surface area contributed by atoms with E-state index in [2.05, 4.69) is 21.2 Å². The molecule has 160 valence electrons. The molecule has 2 aromatic rings. The zero-order chi connectivity index (χ0) is 23.1. The smallest absolute Gasteiger partial charge is 0.398 e. The van der Waals surface area contributed by atoms with Gasteiger partial charge in [-0.3, -0.25) is 4.79 Å². The Morgan fingerprint density at radius 1 is 1.07 bits per heavy atom. The standard InChI is InChI=1S/C18H11BrF7N3O/c1-8-4-11(16(20,17(21,22)23)18(24,25)26)6-12(19)14(8)29-15(30)9-2-3-10(7-27)13(28)5-9/h2-6H,28H2,1H3,(H,29,30). The molecule has 2 rings (SSSR count). The number of carbonyl (C=O) groups is 1. The van der Waals surface area contributed by atoms with E-state index in [1.54, 1.807) is 6.07 Å². The number of nitrogens with two attached hydrogens (primary N) is 1. The number of aryl methyl sites for hydroxylation is 1. The van der Waals surface area contributed by atoms with Crippen molar-refractivity contribution < 1.29 is 35.5 Å². The molecule has 0 aromatic heterocycles. The maximum Gasteiger partial charge on any atom is 0.435 e. The fraction of sp³-hybridized carbons (Fsp3) is 0.222.